The molecule has 0 saturated heterocycles. The molecule has 0 unspecified atom stereocenters. The van der Waals surface area contributed by atoms with Crippen LogP contribution in [0.1, 0.15) is 16.1 Å². The van der Waals surface area contributed by atoms with Gasteiger partial charge in [0, 0.05) is 17.5 Å². The van der Waals surface area contributed by atoms with Gasteiger partial charge in [0.05, 0.1) is 23.6 Å². The van der Waals surface area contributed by atoms with Crippen LogP contribution in [0.3, 0.4) is 0 Å². The van der Waals surface area contributed by atoms with Gasteiger partial charge >= 0.3 is 0 Å². The summed E-state index contributed by atoms with van der Waals surface area (Å²) >= 11 is 0. The van der Waals surface area contributed by atoms with Gasteiger partial charge in [0.1, 0.15) is 0 Å². The highest BCUT2D eigenvalue weighted by molar-refractivity contribution is 6.03. The number of pyridine rings is 1. The van der Waals surface area contributed by atoms with E-state index in [4.69, 9.17) is 0 Å². The van der Waals surface area contributed by atoms with Crippen molar-refractivity contribution in [1.82, 2.24) is 15.0 Å². The van der Waals surface area contributed by atoms with E-state index in [0.717, 1.165) is 11.3 Å². The van der Waals surface area contributed by atoms with E-state index in [9.17, 15) is 4.79 Å². The Labute approximate surface area is 128 Å². The maximum atomic E-state index is 12.1. The van der Waals surface area contributed by atoms with Crippen LogP contribution in [0.2, 0.25) is 0 Å². The molecule has 0 bridgehead atoms. The van der Waals surface area contributed by atoms with Crippen LogP contribution >= 0.6 is 0 Å². The summed E-state index contributed by atoms with van der Waals surface area (Å²) in [6, 6.07) is 13.2. The number of anilines is 1. The minimum absolute atomic E-state index is 0.233. The summed E-state index contributed by atoms with van der Waals surface area (Å²) in [5.41, 5.74) is 2.85. The maximum absolute atomic E-state index is 12.1. The van der Waals surface area contributed by atoms with E-state index in [1.165, 1.54) is 0 Å². The molecular formula is C17H14N4O. The van der Waals surface area contributed by atoms with E-state index in [1.54, 1.807) is 30.7 Å². The normalized spacial score (nSPS) is 10.2. The number of carbonyl (C=O) groups excluding carboxylic acids is 1. The van der Waals surface area contributed by atoms with Crippen molar-refractivity contribution >= 4 is 11.6 Å². The zero-order chi connectivity index (χ0) is 15.4. The van der Waals surface area contributed by atoms with Gasteiger partial charge in [0.15, 0.2) is 5.82 Å². The van der Waals surface area contributed by atoms with Gasteiger partial charge < -0.3 is 5.32 Å². The van der Waals surface area contributed by atoms with Gasteiger partial charge in [-0.3, -0.25) is 9.78 Å². The second kappa shape index (κ2) is 6.13. The number of carbonyl (C=O) groups is 1. The number of aryl methyl sites for hydroxylation is 1. The molecule has 3 aromatic rings. The lowest BCUT2D eigenvalue weighted by Crippen LogP contribution is -2.12. The Hall–Kier alpha value is -3.08. The molecule has 1 N–H and O–H groups in total. The fourth-order valence-corrected chi connectivity index (χ4v) is 1.93. The van der Waals surface area contributed by atoms with Gasteiger partial charge in [0.25, 0.3) is 5.91 Å². The molecule has 0 radical (unpaired) electrons. The molecule has 0 aliphatic carbocycles. The van der Waals surface area contributed by atoms with Gasteiger partial charge in [-0.05, 0) is 19.1 Å². The molecule has 2 aromatic heterocycles. The van der Waals surface area contributed by atoms with E-state index < -0.39 is 0 Å². The van der Waals surface area contributed by atoms with Crippen LogP contribution in [0.4, 0.5) is 5.69 Å². The lowest BCUT2D eigenvalue weighted by atomic mass is 10.2. The number of benzene rings is 1. The highest BCUT2D eigenvalue weighted by Crippen LogP contribution is 2.15. The van der Waals surface area contributed by atoms with Crippen molar-refractivity contribution in [1.29, 1.82) is 0 Å². The van der Waals surface area contributed by atoms with Crippen molar-refractivity contribution in [2.45, 2.75) is 6.92 Å². The summed E-state index contributed by atoms with van der Waals surface area (Å²) in [6.07, 6.45) is 4.73. The van der Waals surface area contributed by atoms with E-state index in [0.29, 0.717) is 17.1 Å². The molecule has 5 nitrogen and oxygen atoms in total. The summed E-state index contributed by atoms with van der Waals surface area (Å²) in [6.45, 7) is 1.87. The van der Waals surface area contributed by atoms with Crippen LogP contribution < -0.4 is 5.32 Å². The first-order chi connectivity index (χ1) is 10.7. The Balaban J connectivity index is 1.73. The van der Waals surface area contributed by atoms with Crippen molar-refractivity contribution in [2.24, 2.45) is 0 Å². The largest absolute Gasteiger partial charge is 0.319 e. The van der Waals surface area contributed by atoms with Crippen molar-refractivity contribution in [2.75, 3.05) is 5.32 Å². The molecule has 0 atom stereocenters. The van der Waals surface area contributed by atoms with E-state index in [2.05, 4.69) is 20.3 Å². The van der Waals surface area contributed by atoms with Gasteiger partial charge in [-0.15, -0.1) is 0 Å². The first-order valence-corrected chi connectivity index (χ1v) is 6.84. The van der Waals surface area contributed by atoms with Gasteiger partial charge in [-0.1, -0.05) is 30.3 Å². The predicted molar refractivity (Wildman–Crippen MR) is 84.4 cm³/mol. The van der Waals surface area contributed by atoms with Crippen LogP contribution in [0.15, 0.2) is 61.1 Å². The van der Waals surface area contributed by atoms with E-state index in [1.807, 2.05) is 37.3 Å². The van der Waals surface area contributed by atoms with Gasteiger partial charge in [0.2, 0.25) is 0 Å². The Morgan fingerprint density at radius 2 is 1.64 bits per heavy atom. The molecule has 22 heavy (non-hydrogen) atoms. The minimum atomic E-state index is -0.233. The topological polar surface area (TPSA) is 67.8 Å². The first kappa shape index (κ1) is 13.9. The molecule has 0 saturated carbocycles. The van der Waals surface area contributed by atoms with Crippen LogP contribution in [0.5, 0.6) is 0 Å². The number of rotatable bonds is 3. The minimum Gasteiger partial charge on any atom is -0.319 e. The van der Waals surface area contributed by atoms with E-state index in [-0.39, 0.29) is 5.91 Å². The molecule has 5 heteroatoms. The van der Waals surface area contributed by atoms with Gasteiger partial charge in [-0.2, -0.15) is 0 Å². The van der Waals surface area contributed by atoms with Crippen molar-refractivity contribution < 1.29 is 4.79 Å². The summed E-state index contributed by atoms with van der Waals surface area (Å²) < 4.78 is 0. The summed E-state index contributed by atoms with van der Waals surface area (Å²) in [5, 5.41) is 2.75. The maximum Gasteiger partial charge on any atom is 0.257 e. The molecular weight excluding hydrogens is 276 g/mol. The second-order valence-electron chi connectivity index (χ2n) is 4.80. The third-order valence-corrected chi connectivity index (χ3v) is 3.12. The number of hydrogen-bond donors (Lipinski definition) is 1. The Bertz CT molecular complexity index is 768. The quantitative estimate of drug-likeness (QED) is 0.804. The monoisotopic (exact) mass is 290 g/mol. The smallest absolute Gasteiger partial charge is 0.257 e. The summed E-state index contributed by atoms with van der Waals surface area (Å²) in [4.78, 5) is 24.7. The van der Waals surface area contributed by atoms with E-state index >= 15 is 0 Å². The molecule has 0 aliphatic heterocycles. The number of hydrogen-bond acceptors (Lipinski definition) is 4. The van der Waals surface area contributed by atoms with Crippen molar-refractivity contribution in [3.63, 3.8) is 0 Å². The van der Waals surface area contributed by atoms with Crippen LogP contribution in [-0.2, 0) is 0 Å². The fraction of sp³-hybridized carbons (Fsp3) is 0.0588. The fourth-order valence-electron chi connectivity index (χ4n) is 1.93. The van der Waals surface area contributed by atoms with Crippen molar-refractivity contribution in [3.8, 4) is 11.4 Å². The molecule has 0 spiro atoms. The summed E-state index contributed by atoms with van der Waals surface area (Å²) in [5.74, 6) is 0.388. The molecule has 3 rings (SSSR count). The van der Waals surface area contributed by atoms with Gasteiger partial charge in [-0.25, -0.2) is 9.97 Å². The van der Waals surface area contributed by atoms with Crippen LogP contribution in [-0.4, -0.2) is 20.9 Å². The summed E-state index contributed by atoms with van der Waals surface area (Å²) in [7, 11) is 0. The average Bonchev–Trinajstić information content (AvgIpc) is 2.57. The molecule has 1 aromatic carbocycles. The molecule has 108 valence electrons. The third-order valence-electron chi connectivity index (χ3n) is 3.12. The molecule has 0 fully saturated rings. The number of amides is 1. The molecule has 0 aliphatic rings. The highest BCUT2D eigenvalue weighted by atomic mass is 16.1. The number of nitrogens with one attached hydrogen (secondary N) is 1. The van der Waals surface area contributed by atoms with Crippen LogP contribution in [0, 0.1) is 6.92 Å². The Morgan fingerprint density at radius 1 is 0.909 bits per heavy atom. The zero-order valence-electron chi connectivity index (χ0n) is 12.0. The predicted octanol–water partition coefficient (Wildman–Crippen LogP) is 3.10. The Morgan fingerprint density at radius 3 is 2.27 bits per heavy atom. The number of aromatic nitrogens is 3. The molecule has 1 amide bonds. The first-order valence-electron chi connectivity index (χ1n) is 6.84. The highest BCUT2D eigenvalue weighted by Gasteiger charge is 2.07. The number of nitrogens with zero attached hydrogens (tertiary/aromatic N) is 3. The lowest BCUT2D eigenvalue weighted by Gasteiger charge is -2.05. The average molecular weight is 290 g/mol. The Kier molecular flexibility index (Phi) is 3.87. The van der Waals surface area contributed by atoms with Crippen molar-refractivity contribution in [3.05, 3.63) is 72.3 Å². The molecule has 2 heterocycles. The zero-order valence-corrected chi connectivity index (χ0v) is 12.0. The SMILES string of the molecule is Cc1ccc(C(=O)Nc2cnc(-c3ccccc3)nc2)cn1. The lowest BCUT2D eigenvalue weighted by molar-refractivity contribution is 0.102. The van der Waals surface area contributed by atoms with Crippen LogP contribution in [0.25, 0.3) is 11.4 Å². The third kappa shape index (κ3) is 3.15. The second-order valence-corrected chi connectivity index (χ2v) is 4.80. The standard InChI is InChI=1S/C17H14N4O/c1-12-7-8-14(9-18-12)17(22)21-15-10-19-16(20-11-15)13-5-3-2-4-6-13/h2-11H,1H3,(H,21,22).